The summed E-state index contributed by atoms with van der Waals surface area (Å²) in [5.41, 5.74) is 3.10. The number of halogens is 2. The fourth-order valence-electron chi connectivity index (χ4n) is 4.30. The first kappa shape index (κ1) is 21.9. The fraction of sp³-hybridized carbons (Fsp3) is 0.478. The van der Waals surface area contributed by atoms with Gasteiger partial charge in [0.25, 0.3) is 5.91 Å². The third-order valence-corrected chi connectivity index (χ3v) is 6.91. The third kappa shape index (κ3) is 3.73. The van der Waals surface area contributed by atoms with E-state index in [1.807, 2.05) is 46.8 Å². The van der Waals surface area contributed by atoms with E-state index >= 15 is 0 Å². The van der Waals surface area contributed by atoms with E-state index in [0.29, 0.717) is 39.8 Å². The molecule has 1 amide bonds. The lowest BCUT2D eigenvalue weighted by Crippen LogP contribution is -2.43. The molecule has 1 N–H and O–H groups in total. The highest BCUT2D eigenvalue weighted by atomic mass is 35.5. The Balaban J connectivity index is 2.27. The number of hydrogen-bond acceptors (Lipinski definition) is 3. The van der Waals surface area contributed by atoms with Crippen LogP contribution in [0.2, 0.25) is 10.0 Å². The van der Waals surface area contributed by atoms with Crippen molar-refractivity contribution in [3.63, 3.8) is 0 Å². The lowest BCUT2D eigenvalue weighted by Gasteiger charge is -2.40. The van der Waals surface area contributed by atoms with Gasteiger partial charge in [0.2, 0.25) is 0 Å². The molecule has 0 saturated heterocycles. The van der Waals surface area contributed by atoms with E-state index in [2.05, 4.69) is 5.32 Å². The number of nitrogens with one attached hydrogen (secondary N) is 1. The second-order valence-electron chi connectivity index (χ2n) is 8.32. The summed E-state index contributed by atoms with van der Waals surface area (Å²) in [7, 11) is 0. The predicted octanol–water partition coefficient (Wildman–Crippen LogP) is 5.47. The van der Waals surface area contributed by atoms with Crippen LogP contribution in [-0.4, -0.2) is 29.7 Å². The van der Waals surface area contributed by atoms with Gasteiger partial charge < -0.3 is 10.2 Å². The normalized spacial score (nSPS) is 21.1. The van der Waals surface area contributed by atoms with Crippen LogP contribution in [0.3, 0.4) is 0 Å². The summed E-state index contributed by atoms with van der Waals surface area (Å²) in [6.45, 7) is 10.9. The second-order valence-corrected chi connectivity index (χ2v) is 9.11. The number of benzene rings is 1. The van der Waals surface area contributed by atoms with Gasteiger partial charge in [-0.05, 0) is 45.2 Å². The summed E-state index contributed by atoms with van der Waals surface area (Å²) >= 11 is 12.9. The molecular weight excluding hydrogens is 407 g/mol. The van der Waals surface area contributed by atoms with Crippen LogP contribution in [0.1, 0.15) is 58.9 Å². The first-order valence-electron chi connectivity index (χ1n) is 10.1. The Morgan fingerprint density at radius 2 is 1.90 bits per heavy atom. The monoisotopic (exact) mass is 434 g/mol. The Labute approximate surface area is 182 Å². The van der Waals surface area contributed by atoms with Crippen molar-refractivity contribution < 1.29 is 9.59 Å². The van der Waals surface area contributed by atoms with Gasteiger partial charge in [-0.1, -0.05) is 49.2 Å². The minimum atomic E-state index is -0.530. The van der Waals surface area contributed by atoms with Gasteiger partial charge in [-0.15, -0.1) is 0 Å². The molecule has 0 spiro atoms. The van der Waals surface area contributed by atoms with Crippen molar-refractivity contribution in [3.05, 3.63) is 56.3 Å². The maximum atomic E-state index is 13.5. The zero-order valence-electron chi connectivity index (χ0n) is 17.7. The molecule has 29 heavy (non-hydrogen) atoms. The average Bonchev–Trinajstić information content (AvgIpc) is 2.67. The smallest absolute Gasteiger partial charge is 0.252 e. The quantitative estimate of drug-likeness (QED) is 0.683. The van der Waals surface area contributed by atoms with Crippen molar-refractivity contribution in [2.45, 2.75) is 53.4 Å². The molecule has 156 valence electrons. The van der Waals surface area contributed by atoms with Gasteiger partial charge in [0, 0.05) is 47.0 Å². The van der Waals surface area contributed by atoms with Crippen molar-refractivity contribution in [2.24, 2.45) is 5.41 Å². The summed E-state index contributed by atoms with van der Waals surface area (Å²) in [6.07, 6.45) is 1.52. The van der Waals surface area contributed by atoms with E-state index in [1.54, 1.807) is 11.0 Å². The molecule has 0 aromatic heterocycles. The van der Waals surface area contributed by atoms with Crippen LogP contribution in [0.5, 0.6) is 0 Å². The summed E-state index contributed by atoms with van der Waals surface area (Å²) in [5.74, 6) is -0.550. The van der Waals surface area contributed by atoms with E-state index in [-0.39, 0.29) is 11.7 Å². The molecule has 0 fully saturated rings. The Bertz CT molecular complexity index is 927. The number of rotatable bonds is 4. The van der Waals surface area contributed by atoms with E-state index in [9.17, 15) is 9.59 Å². The van der Waals surface area contributed by atoms with Crippen molar-refractivity contribution in [3.8, 4) is 0 Å². The van der Waals surface area contributed by atoms with Gasteiger partial charge in [-0.3, -0.25) is 9.59 Å². The second kappa shape index (κ2) is 8.16. The molecule has 1 heterocycles. The van der Waals surface area contributed by atoms with Crippen LogP contribution >= 0.6 is 23.2 Å². The molecule has 0 saturated carbocycles. The first-order chi connectivity index (χ1) is 13.6. The minimum absolute atomic E-state index is 0.0599. The molecular formula is C23H28Cl2N2O2. The topological polar surface area (TPSA) is 49.4 Å². The molecule has 4 nitrogen and oxygen atoms in total. The largest absolute Gasteiger partial charge is 0.362 e. The summed E-state index contributed by atoms with van der Waals surface area (Å²) < 4.78 is 0. The number of amides is 1. The van der Waals surface area contributed by atoms with Crippen LogP contribution in [-0.2, 0) is 9.59 Å². The van der Waals surface area contributed by atoms with Gasteiger partial charge in [-0.2, -0.15) is 0 Å². The maximum Gasteiger partial charge on any atom is 0.252 e. The van der Waals surface area contributed by atoms with Crippen LogP contribution in [0.25, 0.3) is 0 Å². The van der Waals surface area contributed by atoms with Crippen molar-refractivity contribution in [1.29, 1.82) is 0 Å². The van der Waals surface area contributed by atoms with Crippen LogP contribution in [0.4, 0.5) is 0 Å². The van der Waals surface area contributed by atoms with Gasteiger partial charge in [0.05, 0.1) is 10.0 Å². The summed E-state index contributed by atoms with van der Waals surface area (Å²) in [4.78, 5) is 28.8. The van der Waals surface area contributed by atoms with Crippen molar-refractivity contribution in [1.82, 2.24) is 10.2 Å². The molecule has 1 aromatic rings. The zero-order chi connectivity index (χ0) is 21.5. The number of ketones is 1. The Hall–Kier alpha value is -1.78. The number of Topliss-reactive ketones (excluding diaryl/α,β-unsaturated/α-hetero) is 1. The van der Waals surface area contributed by atoms with E-state index in [0.717, 1.165) is 24.2 Å². The van der Waals surface area contributed by atoms with Crippen molar-refractivity contribution in [2.75, 3.05) is 13.1 Å². The average molecular weight is 435 g/mol. The highest BCUT2D eigenvalue weighted by Gasteiger charge is 2.45. The number of allylic oxidation sites excluding steroid dienone is 3. The zero-order valence-corrected chi connectivity index (χ0v) is 19.2. The predicted molar refractivity (Wildman–Crippen MR) is 118 cm³/mol. The molecule has 3 rings (SSSR count). The first-order valence-corrected chi connectivity index (χ1v) is 10.9. The lowest BCUT2D eigenvalue weighted by molar-refractivity contribution is -0.127. The summed E-state index contributed by atoms with van der Waals surface area (Å²) in [5, 5.41) is 4.18. The Morgan fingerprint density at radius 1 is 1.24 bits per heavy atom. The maximum absolute atomic E-state index is 13.5. The molecule has 1 unspecified atom stereocenters. The van der Waals surface area contributed by atoms with Crippen LogP contribution < -0.4 is 5.32 Å². The summed E-state index contributed by atoms with van der Waals surface area (Å²) in [6, 6.07) is 5.41. The van der Waals surface area contributed by atoms with E-state index < -0.39 is 11.3 Å². The molecule has 6 heteroatoms. The van der Waals surface area contributed by atoms with Gasteiger partial charge in [-0.25, -0.2) is 0 Å². The van der Waals surface area contributed by atoms with Gasteiger partial charge in [0.15, 0.2) is 5.78 Å². The fourth-order valence-corrected chi connectivity index (χ4v) is 4.71. The highest BCUT2D eigenvalue weighted by molar-refractivity contribution is 6.42. The van der Waals surface area contributed by atoms with Crippen LogP contribution in [0.15, 0.2) is 40.7 Å². The number of nitrogens with zero attached hydrogens (tertiary/aromatic N) is 1. The highest BCUT2D eigenvalue weighted by Crippen LogP contribution is 2.49. The number of carbonyl (C=O) groups excluding carboxylic acids is 2. The van der Waals surface area contributed by atoms with Gasteiger partial charge >= 0.3 is 0 Å². The van der Waals surface area contributed by atoms with Crippen LogP contribution in [0, 0.1) is 5.41 Å². The third-order valence-electron chi connectivity index (χ3n) is 6.08. The number of likely N-dealkylation sites (N-methyl/N-ethyl adjacent to an activating group) is 1. The molecule has 1 aliphatic heterocycles. The molecule has 0 radical (unpaired) electrons. The molecule has 1 atom stereocenters. The number of hydrogen-bond donors (Lipinski definition) is 1. The molecule has 1 aromatic carbocycles. The number of dihydropyridines is 1. The minimum Gasteiger partial charge on any atom is -0.362 e. The van der Waals surface area contributed by atoms with Gasteiger partial charge in [0.1, 0.15) is 0 Å². The molecule has 0 bridgehead atoms. The lowest BCUT2D eigenvalue weighted by atomic mass is 9.67. The standard InChI is InChI=1S/C23H28Cl2N2O2/c1-6-27(7-2)22(29)17-13(3)26-16-11-12-23(4,5)21(28)19(16)18(17)14-9-8-10-15(24)20(14)25/h8-10,18,26H,6-7,11-12H2,1-5H3. The molecule has 2 aliphatic rings. The van der Waals surface area contributed by atoms with E-state index in [1.165, 1.54) is 0 Å². The Morgan fingerprint density at radius 3 is 2.52 bits per heavy atom. The number of carbonyl (C=O) groups is 2. The van der Waals surface area contributed by atoms with E-state index in [4.69, 9.17) is 23.2 Å². The molecule has 1 aliphatic carbocycles. The SMILES string of the molecule is CCN(CC)C(=O)C1=C(C)NC2=C(C(=O)C(C)(C)CC2)C1c1cccc(Cl)c1Cl. The van der Waals surface area contributed by atoms with Crippen molar-refractivity contribution >= 4 is 34.9 Å². The Kier molecular flexibility index (Phi) is 6.16.